The molecule has 25 heavy (non-hydrogen) atoms. The Hall–Kier alpha value is -1.86. The molecule has 1 saturated heterocycles. The van der Waals surface area contributed by atoms with Crippen molar-refractivity contribution in [3.63, 3.8) is 0 Å². The average molecular weight is 382 g/mol. The number of carbonyl (C=O) groups is 1. The number of sulfone groups is 1. The van der Waals surface area contributed by atoms with Crippen molar-refractivity contribution in [3.05, 3.63) is 46.7 Å². The fraction of sp³-hybridized carbons (Fsp3) is 0.412. The SMILES string of the molecule is CCN(C(=O)c1cnn(-c2cccc(Cl)c2)c1C)C1CCS(=O)(=O)C1. The molecule has 0 radical (unpaired) electrons. The molecule has 0 saturated carbocycles. The number of amides is 1. The summed E-state index contributed by atoms with van der Waals surface area (Å²) in [6.07, 6.45) is 2.02. The molecule has 1 atom stereocenters. The molecule has 2 heterocycles. The van der Waals surface area contributed by atoms with E-state index in [9.17, 15) is 13.2 Å². The lowest BCUT2D eigenvalue weighted by Crippen LogP contribution is -2.41. The standard InChI is InChI=1S/C17H20ClN3O3S/c1-3-20(15-7-8-25(23,24)11-15)17(22)16-10-19-21(12(16)2)14-6-4-5-13(18)9-14/h4-6,9-10,15H,3,7-8,11H2,1-2H3. The summed E-state index contributed by atoms with van der Waals surface area (Å²) < 4.78 is 25.1. The van der Waals surface area contributed by atoms with E-state index in [1.165, 1.54) is 6.20 Å². The Bertz CT molecular complexity index is 908. The number of rotatable bonds is 4. The van der Waals surface area contributed by atoms with Gasteiger partial charge in [-0.15, -0.1) is 0 Å². The third-order valence-electron chi connectivity index (χ3n) is 4.54. The van der Waals surface area contributed by atoms with Gasteiger partial charge >= 0.3 is 0 Å². The fourth-order valence-corrected chi connectivity index (χ4v) is 5.15. The number of hydrogen-bond acceptors (Lipinski definition) is 4. The molecule has 1 aromatic heterocycles. The van der Waals surface area contributed by atoms with Crippen LogP contribution in [0.1, 0.15) is 29.4 Å². The highest BCUT2D eigenvalue weighted by Gasteiger charge is 2.35. The first kappa shape index (κ1) is 17.9. The van der Waals surface area contributed by atoms with Gasteiger partial charge in [-0.05, 0) is 38.5 Å². The number of aromatic nitrogens is 2. The Morgan fingerprint density at radius 3 is 2.80 bits per heavy atom. The van der Waals surface area contributed by atoms with Crippen molar-refractivity contribution in [2.24, 2.45) is 0 Å². The summed E-state index contributed by atoms with van der Waals surface area (Å²) in [5.74, 6) is -0.00799. The number of benzene rings is 1. The van der Waals surface area contributed by atoms with E-state index >= 15 is 0 Å². The van der Waals surface area contributed by atoms with E-state index in [0.29, 0.717) is 29.2 Å². The van der Waals surface area contributed by atoms with Crippen LogP contribution in [0.5, 0.6) is 0 Å². The lowest BCUT2D eigenvalue weighted by molar-refractivity contribution is 0.0707. The van der Waals surface area contributed by atoms with Gasteiger partial charge in [0.25, 0.3) is 5.91 Å². The van der Waals surface area contributed by atoms with Gasteiger partial charge in [0, 0.05) is 17.6 Å². The first-order valence-corrected chi connectivity index (χ1v) is 10.3. The lowest BCUT2D eigenvalue weighted by Gasteiger charge is -2.26. The van der Waals surface area contributed by atoms with E-state index in [1.54, 1.807) is 21.7 Å². The van der Waals surface area contributed by atoms with Crippen LogP contribution in [0.25, 0.3) is 5.69 Å². The van der Waals surface area contributed by atoms with Gasteiger partial charge in [0.15, 0.2) is 9.84 Å². The van der Waals surface area contributed by atoms with Crippen LogP contribution in [0, 0.1) is 6.92 Å². The molecule has 1 aliphatic rings. The van der Waals surface area contributed by atoms with Gasteiger partial charge in [-0.3, -0.25) is 4.79 Å². The minimum absolute atomic E-state index is 0.0358. The second-order valence-electron chi connectivity index (χ2n) is 6.18. The molecule has 6 nitrogen and oxygen atoms in total. The molecule has 0 N–H and O–H groups in total. The highest BCUT2D eigenvalue weighted by atomic mass is 35.5. The van der Waals surface area contributed by atoms with Crippen LogP contribution >= 0.6 is 11.6 Å². The third-order valence-corrected chi connectivity index (χ3v) is 6.53. The van der Waals surface area contributed by atoms with Crippen molar-refractivity contribution < 1.29 is 13.2 Å². The molecule has 1 aliphatic heterocycles. The van der Waals surface area contributed by atoms with Crippen molar-refractivity contribution in [2.75, 3.05) is 18.1 Å². The maximum absolute atomic E-state index is 13.0. The topological polar surface area (TPSA) is 72.3 Å². The highest BCUT2D eigenvalue weighted by Crippen LogP contribution is 2.23. The highest BCUT2D eigenvalue weighted by molar-refractivity contribution is 7.91. The predicted octanol–water partition coefficient (Wildman–Crippen LogP) is 2.48. The van der Waals surface area contributed by atoms with E-state index in [-0.39, 0.29) is 23.5 Å². The Morgan fingerprint density at radius 1 is 1.44 bits per heavy atom. The maximum atomic E-state index is 13.0. The smallest absolute Gasteiger partial charge is 0.257 e. The van der Waals surface area contributed by atoms with Gasteiger partial charge in [0.05, 0.1) is 34.6 Å². The van der Waals surface area contributed by atoms with Crippen LogP contribution in [0.4, 0.5) is 0 Å². The van der Waals surface area contributed by atoms with Crippen LogP contribution < -0.4 is 0 Å². The maximum Gasteiger partial charge on any atom is 0.257 e. The lowest BCUT2D eigenvalue weighted by atomic mass is 10.1. The number of hydrogen-bond donors (Lipinski definition) is 0. The zero-order chi connectivity index (χ0) is 18.2. The quantitative estimate of drug-likeness (QED) is 0.815. The van der Waals surface area contributed by atoms with E-state index in [0.717, 1.165) is 5.69 Å². The van der Waals surface area contributed by atoms with Gasteiger partial charge in [0.2, 0.25) is 0 Å². The van der Waals surface area contributed by atoms with E-state index in [2.05, 4.69) is 5.10 Å². The first-order valence-electron chi connectivity index (χ1n) is 8.14. The number of halogens is 1. The van der Waals surface area contributed by atoms with E-state index in [1.807, 2.05) is 26.0 Å². The largest absolute Gasteiger partial charge is 0.335 e. The van der Waals surface area contributed by atoms with Crippen LogP contribution in [0.2, 0.25) is 5.02 Å². The van der Waals surface area contributed by atoms with Crippen LogP contribution in [-0.2, 0) is 9.84 Å². The summed E-state index contributed by atoms with van der Waals surface area (Å²) in [4.78, 5) is 14.6. The molecule has 3 rings (SSSR count). The van der Waals surface area contributed by atoms with Gasteiger partial charge in [0.1, 0.15) is 0 Å². The van der Waals surface area contributed by atoms with Crippen molar-refractivity contribution in [2.45, 2.75) is 26.3 Å². The van der Waals surface area contributed by atoms with Crippen molar-refractivity contribution in [3.8, 4) is 5.69 Å². The van der Waals surface area contributed by atoms with Gasteiger partial charge in [-0.1, -0.05) is 17.7 Å². The van der Waals surface area contributed by atoms with Crippen molar-refractivity contribution in [1.29, 1.82) is 0 Å². The summed E-state index contributed by atoms with van der Waals surface area (Å²) in [5, 5.41) is 4.90. The van der Waals surface area contributed by atoms with Crippen LogP contribution in [0.15, 0.2) is 30.5 Å². The summed E-state index contributed by atoms with van der Waals surface area (Å²) in [5.41, 5.74) is 1.95. The molecule has 2 aromatic rings. The third kappa shape index (κ3) is 3.57. The van der Waals surface area contributed by atoms with Crippen molar-refractivity contribution >= 4 is 27.3 Å². The molecule has 8 heteroatoms. The second kappa shape index (κ2) is 6.80. The predicted molar refractivity (Wildman–Crippen MR) is 97.1 cm³/mol. The molecular formula is C17H20ClN3O3S. The normalized spacial score (nSPS) is 19.1. The monoisotopic (exact) mass is 381 g/mol. The molecular weight excluding hydrogens is 362 g/mol. The van der Waals surface area contributed by atoms with Crippen LogP contribution in [0.3, 0.4) is 0 Å². The molecule has 0 bridgehead atoms. The van der Waals surface area contributed by atoms with Gasteiger partial charge < -0.3 is 4.90 Å². The van der Waals surface area contributed by atoms with Gasteiger partial charge in [-0.2, -0.15) is 5.10 Å². The van der Waals surface area contributed by atoms with E-state index < -0.39 is 9.84 Å². The first-order chi connectivity index (χ1) is 11.8. The summed E-state index contributed by atoms with van der Waals surface area (Å²) in [7, 11) is -3.05. The Morgan fingerprint density at radius 2 is 2.20 bits per heavy atom. The zero-order valence-electron chi connectivity index (χ0n) is 14.1. The van der Waals surface area contributed by atoms with Crippen molar-refractivity contribution in [1.82, 2.24) is 14.7 Å². The summed E-state index contributed by atoms with van der Waals surface area (Å²) in [6, 6.07) is 6.96. The Balaban J connectivity index is 1.90. The Kier molecular flexibility index (Phi) is 4.88. The fourth-order valence-electron chi connectivity index (χ4n) is 3.23. The zero-order valence-corrected chi connectivity index (χ0v) is 15.7. The molecule has 1 unspecified atom stereocenters. The molecule has 134 valence electrons. The molecule has 0 aliphatic carbocycles. The second-order valence-corrected chi connectivity index (χ2v) is 8.85. The minimum atomic E-state index is -3.05. The molecule has 0 spiro atoms. The molecule has 1 aromatic carbocycles. The molecule has 1 fully saturated rings. The number of carbonyl (C=O) groups excluding carboxylic acids is 1. The van der Waals surface area contributed by atoms with Gasteiger partial charge in [-0.25, -0.2) is 13.1 Å². The summed E-state index contributed by atoms with van der Waals surface area (Å²) >= 11 is 6.03. The molecule has 1 amide bonds. The minimum Gasteiger partial charge on any atom is -0.335 e. The average Bonchev–Trinajstić information content (AvgIpc) is 3.10. The van der Waals surface area contributed by atoms with Crippen LogP contribution in [-0.4, -0.2) is 53.1 Å². The summed E-state index contributed by atoms with van der Waals surface area (Å²) in [6.45, 7) is 4.14. The van der Waals surface area contributed by atoms with E-state index in [4.69, 9.17) is 11.6 Å². The Labute approximate surface area is 152 Å². The number of nitrogens with zero attached hydrogens (tertiary/aromatic N) is 3.